The molecule has 0 amide bonds. The molecular weight excluding hydrogens is 357 g/mol. The van der Waals surface area contributed by atoms with E-state index in [0.29, 0.717) is 23.5 Å². The van der Waals surface area contributed by atoms with Crippen molar-refractivity contribution in [1.29, 1.82) is 0 Å². The fourth-order valence-corrected chi connectivity index (χ4v) is 3.53. The minimum atomic E-state index is -2.63. The molecule has 3 N–H and O–H groups in total. The van der Waals surface area contributed by atoms with Gasteiger partial charge in [0, 0.05) is 6.54 Å². The SMILES string of the molecule is CCNc1ncnc2c1ncn2C1OC(CO)[C@@H](O)[C@H]1O[PH](=O)S. The summed E-state index contributed by atoms with van der Waals surface area (Å²) in [5.41, 5.74) is 0.992. The van der Waals surface area contributed by atoms with E-state index in [2.05, 4.69) is 32.5 Å². The summed E-state index contributed by atoms with van der Waals surface area (Å²) in [5, 5.41) is 22.7. The summed E-state index contributed by atoms with van der Waals surface area (Å²) in [7, 11) is -2.63. The molecule has 2 aromatic rings. The molecule has 5 atom stereocenters. The molecule has 3 heterocycles. The van der Waals surface area contributed by atoms with Gasteiger partial charge in [0.2, 0.25) is 7.23 Å². The van der Waals surface area contributed by atoms with Gasteiger partial charge in [0.25, 0.3) is 0 Å². The predicted octanol–water partition coefficient (Wildman–Crippen LogP) is 0.213. The fourth-order valence-electron chi connectivity index (χ4n) is 2.67. The second kappa shape index (κ2) is 7.34. The van der Waals surface area contributed by atoms with Crippen LogP contribution in [0.4, 0.5) is 5.82 Å². The molecule has 1 saturated heterocycles. The Morgan fingerprint density at radius 1 is 1.50 bits per heavy atom. The molecule has 0 spiro atoms. The lowest BCUT2D eigenvalue weighted by atomic mass is 10.1. The summed E-state index contributed by atoms with van der Waals surface area (Å²) < 4.78 is 23.8. The van der Waals surface area contributed by atoms with Crippen LogP contribution in [0.25, 0.3) is 11.2 Å². The van der Waals surface area contributed by atoms with Crippen molar-refractivity contribution in [1.82, 2.24) is 19.5 Å². The normalized spacial score (nSPS) is 28.3. The van der Waals surface area contributed by atoms with Gasteiger partial charge in [0.05, 0.1) is 12.9 Å². The van der Waals surface area contributed by atoms with E-state index < -0.39 is 38.4 Å². The molecule has 2 aromatic heterocycles. The zero-order valence-corrected chi connectivity index (χ0v) is 14.6. The van der Waals surface area contributed by atoms with Crippen LogP contribution in [-0.4, -0.2) is 61.2 Å². The van der Waals surface area contributed by atoms with Crippen LogP contribution in [0.1, 0.15) is 13.2 Å². The first-order valence-electron chi connectivity index (χ1n) is 7.32. The summed E-state index contributed by atoms with van der Waals surface area (Å²) in [6, 6.07) is 0. The predicted molar refractivity (Wildman–Crippen MR) is 89.3 cm³/mol. The number of hydrogen-bond donors (Lipinski definition) is 4. The van der Waals surface area contributed by atoms with Gasteiger partial charge in [0.15, 0.2) is 23.2 Å². The molecule has 132 valence electrons. The van der Waals surface area contributed by atoms with Crippen molar-refractivity contribution in [3.8, 4) is 0 Å². The van der Waals surface area contributed by atoms with Crippen molar-refractivity contribution in [3.63, 3.8) is 0 Å². The van der Waals surface area contributed by atoms with Crippen LogP contribution in [0.3, 0.4) is 0 Å². The first kappa shape index (κ1) is 17.6. The molecular formula is C12H18N5O5PS. The van der Waals surface area contributed by atoms with E-state index in [1.807, 2.05) is 6.92 Å². The Morgan fingerprint density at radius 2 is 2.29 bits per heavy atom. The van der Waals surface area contributed by atoms with E-state index in [9.17, 15) is 14.8 Å². The van der Waals surface area contributed by atoms with Gasteiger partial charge in [-0.2, -0.15) is 0 Å². The summed E-state index contributed by atoms with van der Waals surface area (Å²) in [4.78, 5) is 12.6. The molecule has 10 nitrogen and oxygen atoms in total. The second-order valence-electron chi connectivity index (χ2n) is 5.16. The number of aromatic nitrogens is 4. The molecule has 3 rings (SSSR count). The average Bonchev–Trinajstić information content (AvgIpc) is 3.10. The highest BCUT2D eigenvalue weighted by atomic mass is 32.7. The fraction of sp³-hybridized carbons (Fsp3) is 0.583. The molecule has 0 saturated carbocycles. The van der Waals surface area contributed by atoms with Crippen LogP contribution in [0.2, 0.25) is 0 Å². The Morgan fingerprint density at radius 3 is 2.96 bits per heavy atom. The third kappa shape index (κ3) is 3.15. The number of hydrogen-bond acceptors (Lipinski definition) is 9. The van der Waals surface area contributed by atoms with Crippen molar-refractivity contribution in [2.75, 3.05) is 18.5 Å². The summed E-state index contributed by atoms with van der Waals surface area (Å²) in [6.45, 7) is 2.19. The Hall–Kier alpha value is -1.23. The van der Waals surface area contributed by atoms with Gasteiger partial charge < -0.3 is 24.8 Å². The first-order chi connectivity index (χ1) is 11.6. The third-order valence-corrected chi connectivity index (χ3v) is 4.50. The Bertz CT molecular complexity index is 746. The minimum Gasteiger partial charge on any atom is -0.394 e. The van der Waals surface area contributed by atoms with Gasteiger partial charge in [-0.05, 0) is 6.92 Å². The summed E-state index contributed by atoms with van der Waals surface area (Å²) in [5.74, 6) is 0.568. The number of nitrogens with zero attached hydrogens (tertiary/aromatic N) is 4. The lowest BCUT2D eigenvalue weighted by molar-refractivity contribution is -0.0481. The van der Waals surface area contributed by atoms with Gasteiger partial charge in [0.1, 0.15) is 24.6 Å². The number of ether oxygens (including phenoxy) is 1. The number of imidazole rings is 1. The van der Waals surface area contributed by atoms with Crippen molar-refractivity contribution in [2.24, 2.45) is 0 Å². The van der Waals surface area contributed by atoms with Crippen molar-refractivity contribution in [3.05, 3.63) is 12.7 Å². The lowest BCUT2D eigenvalue weighted by Gasteiger charge is -2.20. The number of rotatable bonds is 6. The van der Waals surface area contributed by atoms with E-state index >= 15 is 0 Å². The number of aliphatic hydroxyl groups excluding tert-OH is 2. The monoisotopic (exact) mass is 375 g/mol. The number of thiol groups is 1. The number of anilines is 1. The standard InChI is InChI=1S/C12H18N5O5PS/c1-2-13-10-7-11(15-4-14-10)17(5-16-7)12-9(22-23(20)24)8(19)6(3-18)21-12/h4-6,8-9,12,18-19,23H,2-3H2,1H3,(H,20,24)(H,13,14,15)/t6?,8-,9-,12?/m1/s1. The molecule has 1 fully saturated rings. The minimum absolute atomic E-state index is 0.407. The molecule has 0 radical (unpaired) electrons. The van der Waals surface area contributed by atoms with Crippen LogP contribution in [-0.2, 0) is 13.8 Å². The third-order valence-electron chi connectivity index (χ3n) is 3.71. The molecule has 0 aromatic carbocycles. The van der Waals surface area contributed by atoms with Gasteiger partial charge >= 0.3 is 0 Å². The smallest absolute Gasteiger partial charge is 0.243 e. The second-order valence-corrected chi connectivity index (χ2v) is 7.03. The highest BCUT2D eigenvalue weighted by molar-refractivity contribution is 8.39. The maximum atomic E-state index is 11.4. The lowest BCUT2D eigenvalue weighted by Crippen LogP contribution is -2.34. The number of aliphatic hydroxyl groups is 2. The average molecular weight is 375 g/mol. The van der Waals surface area contributed by atoms with E-state index in [0.717, 1.165) is 0 Å². The zero-order valence-electron chi connectivity index (χ0n) is 12.7. The van der Waals surface area contributed by atoms with Gasteiger partial charge in [-0.25, -0.2) is 15.0 Å². The van der Waals surface area contributed by atoms with Crippen molar-refractivity contribution >= 4 is 36.5 Å². The quantitative estimate of drug-likeness (QED) is 0.413. The van der Waals surface area contributed by atoms with Crippen molar-refractivity contribution in [2.45, 2.75) is 31.5 Å². The Balaban J connectivity index is 2.01. The maximum absolute atomic E-state index is 11.4. The molecule has 0 bridgehead atoms. The van der Waals surface area contributed by atoms with Gasteiger partial charge in [-0.1, -0.05) is 12.2 Å². The Labute approximate surface area is 143 Å². The van der Waals surface area contributed by atoms with Gasteiger partial charge in [-0.3, -0.25) is 9.13 Å². The molecule has 1 aliphatic rings. The Kier molecular flexibility index (Phi) is 5.38. The molecule has 0 aliphatic carbocycles. The van der Waals surface area contributed by atoms with Crippen molar-refractivity contribution < 1.29 is 24.0 Å². The van der Waals surface area contributed by atoms with Crippen LogP contribution < -0.4 is 5.32 Å². The van der Waals surface area contributed by atoms with Crippen LogP contribution in [0.15, 0.2) is 12.7 Å². The molecule has 3 unspecified atom stereocenters. The first-order valence-corrected chi connectivity index (χ1v) is 9.92. The summed E-state index contributed by atoms with van der Waals surface area (Å²) >= 11 is 3.76. The van der Waals surface area contributed by atoms with Crippen LogP contribution in [0, 0.1) is 0 Å². The van der Waals surface area contributed by atoms with E-state index in [-0.39, 0.29) is 0 Å². The van der Waals surface area contributed by atoms with Crippen LogP contribution >= 0.6 is 19.5 Å². The van der Waals surface area contributed by atoms with Crippen LogP contribution in [0.5, 0.6) is 0 Å². The number of fused-ring (bicyclic) bond motifs is 1. The molecule has 12 heteroatoms. The zero-order chi connectivity index (χ0) is 17.3. The highest BCUT2D eigenvalue weighted by Gasteiger charge is 2.46. The van der Waals surface area contributed by atoms with Gasteiger partial charge in [-0.15, -0.1) is 0 Å². The summed E-state index contributed by atoms with van der Waals surface area (Å²) in [6.07, 6.45) is -1.00. The molecule has 1 aliphatic heterocycles. The topological polar surface area (TPSA) is 132 Å². The van der Waals surface area contributed by atoms with E-state index in [1.165, 1.54) is 12.7 Å². The largest absolute Gasteiger partial charge is 0.394 e. The number of nitrogens with one attached hydrogen (secondary N) is 1. The highest BCUT2D eigenvalue weighted by Crippen LogP contribution is 2.40. The molecule has 24 heavy (non-hydrogen) atoms. The van der Waals surface area contributed by atoms with E-state index in [4.69, 9.17) is 9.26 Å². The van der Waals surface area contributed by atoms with E-state index in [1.54, 1.807) is 4.57 Å². The maximum Gasteiger partial charge on any atom is 0.243 e.